The van der Waals surface area contributed by atoms with Crippen molar-refractivity contribution in [3.8, 4) is 0 Å². The molecule has 2 aliphatic rings. The number of benzene rings is 2. The Kier molecular flexibility index (Phi) is 6.53. The summed E-state index contributed by atoms with van der Waals surface area (Å²) >= 11 is 0. The normalized spacial score (nSPS) is 24.4. The molecule has 8 heteroatoms. The molecule has 2 saturated heterocycles. The van der Waals surface area contributed by atoms with Crippen molar-refractivity contribution in [3.05, 3.63) is 65.5 Å². The number of carbonyl (C=O) groups excluding carboxylic acids is 1. The standard InChI is InChI=1S/C24H30FN3O3S/c1-17-7-10-23(18-5-3-2-4-6-18)32(30,31)28(17)16-20-8-9-21(15-22(20)25)27-13-11-19(12-14-27)24(26)29/h2-6,8-9,15,17,19,23H,7,10-14,16H2,1H3,(H2,26,29)/t17-,23?/m0/s1. The van der Waals surface area contributed by atoms with Crippen LogP contribution in [0.5, 0.6) is 0 Å². The summed E-state index contributed by atoms with van der Waals surface area (Å²) in [6, 6.07) is 14.0. The Hall–Kier alpha value is -2.45. The maximum absolute atomic E-state index is 15.0. The number of carbonyl (C=O) groups is 1. The summed E-state index contributed by atoms with van der Waals surface area (Å²) in [5.74, 6) is -0.820. The van der Waals surface area contributed by atoms with Gasteiger partial charge in [0, 0.05) is 42.8 Å². The molecule has 0 radical (unpaired) electrons. The fourth-order valence-corrected chi connectivity index (χ4v) is 6.99. The van der Waals surface area contributed by atoms with Crippen LogP contribution in [0.1, 0.15) is 49.0 Å². The molecule has 1 amide bonds. The van der Waals surface area contributed by atoms with E-state index in [0.717, 1.165) is 17.7 Å². The highest BCUT2D eigenvalue weighted by Gasteiger charge is 2.40. The Balaban J connectivity index is 1.51. The molecule has 2 N–H and O–H groups in total. The van der Waals surface area contributed by atoms with Crippen molar-refractivity contribution < 1.29 is 17.6 Å². The predicted molar refractivity (Wildman–Crippen MR) is 123 cm³/mol. The summed E-state index contributed by atoms with van der Waals surface area (Å²) in [5, 5.41) is -0.603. The molecule has 2 aliphatic heterocycles. The number of hydrogen-bond donors (Lipinski definition) is 1. The minimum atomic E-state index is -3.61. The van der Waals surface area contributed by atoms with Crippen molar-refractivity contribution in [2.24, 2.45) is 11.7 Å². The van der Waals surface area contributed by atoms with Gasteiger partial charge < -0.3 is 10.6 Å². The second kappa shape index (κ2) is 9.19. The summed E-state index contributed by atoms with van der Waals surface area (Å²) < 4.78 is 43.3. The largest absolute Gasteiger partial charge is 0.371 e. The number of hydrogen-bond acceptors (Lipinski definition) is 4. The van der Waals surface area contributed by atoms with Gasteiger partial charge in [0.25, 0.3) is 0 Å². The van der Waals surface area contributed by atoms with Gasteiger partial charge in [-0.3, -0.25) is 4.79 Å². The van der Waals surface area contributed by atoms with E-state index in [1.54, 1.807) is 6.07 Å². The smallest absolute Gasteiger partial charge is 0.221 e. The molecule has 1 unspecified atom stereocenters. The average Bonchev–Trinajstić information content (AvgIpc) is 2.78. The first kappa shape index (κ1) is 22.7. The molecule has 2 heterocycles. The zero-order valence-corrected chi connectivity index (χ0v) is 19.1. The topological polar surface area (TPSA) is 83.7 Å². The molecule has 0 saturated carbocycles. The fraction of sp³-hybridized carbons (Fsp3) is 0.458. The zero-order chi connectivity index (χ0) is 22.9. The Labute approximate surface area is 189 Å². The minimum Gasteiger partial charge on any atom is -0.371 e. The quantitative estimate of drug-likeness (QED) is 0.741. The molecular formula is C24H30FN3O3S. The van der Waals surface area contributed by atoms with Gasteiger partial charge in [-0.15, -0.1) is 0 Å². The molecule has 4 rings (SSSR count). The Bertz CT molecular complexity index is 1070. The highest BCUT2D eigenvalue weighted by atomic mass is 32.2. The average molecular weight is 460 g/mol. The fourth-order valence-electron chi connectivity index (χ4n) is 4.80. The van der Waals surface area contributed by atoms with E-state index in [0.29, 0.717) is 37.9 Å². The van der Waals surface area contributed by atoms with Crippen molar-refractivity contribution in [2.45, 2.75) is 50.4 Å². The summed E-state index contributed by atoms with van der Waals surface area (Å²) in [5.41, 5.74) is 7.28. The molecular weight excluding hydrogens is 429 g/mol. The Morgan fingerprint density at radius 2 is 1.75 bits per heavy atom. The van der Waals surface area contributed by atoms with E-state index in [1.165, 1.54) is 10.4 Å². The number of piperidine rings is 1. The molecule has 2 aromatic carbocycles. The van der Waals surface area contributed by atoms with E-state index in [4.69, 9.17) is 5.73 Å². The molecule has 0 aliphatic carbocycles. The minimum absolute atomic E-state index is 0.0166. The van der Waals surface area contributed by atoms with Crippen LogP contribution in [0.2, 0.25) is 0 Å². The Morgan fingerprint density at radius 1 is 1.06 bits per heavy atom. The van der Waals surface area contributed by atoms with Crippen LogP contribution in [-0.4, -0.2) is 37.8 Å². The number of nitrogens with two attached hydrogens (primary N) is 1. The number of primary amides is 1. The first-order valence-corrected chi connectivity index (χ1v) is 12.7. The third kappa shape index (κ3) is 4.52. The van der Waals surface area contributed by atoms with Gasteiger partial charge in [-0.05, 0) is 50.3 Å². The van der Waals surface area contributed by atoms with Crippen LogP contribution in [0.25, 0.3) is 0 Å². The monoisotopic (exact) mass is 459 g/mol. The second-order valence-electron chi connectivity index (χ2n) is 8.86. The summed E-state index contributed by atoms with van der Waals surface area (Å²) in [6.07, 6.45) is 2.60. The molecule has 32 heavy (non-hydrogen) atoms. The lowest BCUT2D eigenvalue weighted by atomic mass is 9.96. The van der Waals surface area contributed by atoms with Crippen LogP contribution in [0.3, 0.4) is 0 Å². The van der Waals surface area contributed by atoms with Crippen LogP contribution in [0.4, 0.5) is 10.1 Å². The molecule has 2 aromatic rings. The number of rotatable bonds is 5. The van der Waals surface area contributed by atoms with E-state index in [9.17, 15) is 13.2 Å². The van der Waals surface area contributed by atoms with Gasteiger partial charge in [0.2, 0.25) is 15.9 Å². The number of sulfonamides is 1. The van der Waals surface area contributed by atoms with E-state index in [2.05, 4.69) is 0 Å². The molecule has 2 fully saturated rings. The van der Waals surface area contributed by atoms with Crippen molar-refractivity contribution in [1.29, 1.82) is 0 Å². The first-order chi connectivity index (χ1) is 15.3. The number of halogens is 1. The molecule has 0 spiro atoms. The van der Waals surface area contributed by atoms with Gasteiger partial charge in [-0.2, -0.15) is 4.31 Å². The lowest BCUT2D eigenvalue weighted by molar-refractivity contribution is -0.122. The Morgan fingerprint density at radius 3 is 2.38 bits per heavy atom. The number of nitrogens with zero attached hydrogens (tertiary/aromatic N) is 2. The van der Waals surface area contributed by atoms with Crippen LogP contribution in [-0.2, 0) is 21.4 Å². The molecule has 172 valence electrons. The lowest BCUT2D eigenvalue weighted by Gasteiger charge is -2.37. The van der Waals surface area contributed by atoms with Gasteiger partial charge in [0.15, 0.2) is 0 Å². The number of amides is 1. The first-order valence-electron chi connectivity index (χ1n) is 11.2. The molecule has 0 aromatic heterocycles. The second-order valence-corrected chi connectivity index (χ2v) is 10.9. The van der Waals surface area contributed by atoms with Gasteiger partial charge in [0.1, 0.15) is 11.1 Å². The molecule has 2 atom stereocenters. The van der Waals surface area contributed by atoms with Gasteiger partial charge >= 0.3 is 0 Å². The lowest BCUT2D eigenvalue weighted by Crippen LogP contribution is -2.44. The number of anilines is 1. The van der Waals surface area contributed by atoms with E-state index in [1.807, 2.05) is 48.2 Å². The van der Waals surface area contributed by atoms with Gasteiger partial charge in [0.05, 0.1) is 0 Å². The third-order valence-electron chi connectivity index (χ3n) is 6.82. The summed E-state index contributed by atoms with van der Waals surface area (Å²) in [7, 11) is -3.61. The third-order valence-corrected chi connectivity index (χ3v) is 9.19. The van der Waals surface area contributed by atoms with Crippen molar-refractivity contribution in [3.63, 3.8) is 0 Å². The van der Waals surface area contributed by atoms with E-state index in [-0.39, 0.29) is 24.4 Å². The predicted octanol–water partition coefficient (Wildman–Crippen LogP) is 3.58. The summed E-state index contributed by atoms with van der Waals surface area (Å²) in [4.78, 5) is 13.4. The van der Waals surface area contributed by atoms with Crippen LogP contribution >= 0.6 is 0 Å². The van der Waals surface area contributed by atoms with Crippen LogP contribution < -0.4 is 10.6 Å². The zero-order valence-electron chi connectivity index (χ0n) is 18.3. The molecule has 6 nitrogen and oxygen atoms in total. The maximum atomic E-state index is 15.0. The van der Waals surface area contributed by atoms with E-state index < -0.39 is 21.1 Å². The van der Waals surface area contributed by atoms with E-state index >= 15 is 4.39 Å². The summed E-state index contributed by atoms with van der Waals surface area (Å²) in [6.45, 7) is 3.18. The van der Waals surface area contributed by atoms with Gasteiger partial charge in [-0.1, -0.05) is 36.4 Å². The van der Waals surface area contributed by atoms with Crippen molar-refractivity contribution in [2.75, 3.05) is 18.0 Å². The van der Waals surface area contributed by atoms with Crippen LogP contribution in [0, 0.1) is 11.7 Å². The van der Waals surface area contributed by atoms with Crippen molar-refractivity contribution >= 4 is 21.6 Å². The van der Waals surface area contributed by atoms with Crippen LogP contribution in [0.15, 0.2) is 48.5 Å². The molecule has 0 bridgehead atoms. The highest BCUT2D eigenvalue weighted by Crippen LogP contribution is 2.38. The highest BCUT2D eigenvalue weighted by molar-refractivity contribution is 7.89. The van der Waals surface area contributed by atoms with Gasteiger partial charge in [-0.25, -0.2) is 12.8 Å². The SMILES string of the molecule is C[C@H]1CCC(c2ccccc2)S(=O)(=O)N1Cc1ccc(N2CCC(C(N)=O)CC2)cc1F. The maximum Gasteiger partial charge on any atom is 0.221 e. The van der Waals surface area contributed by atoms with Crippen molar-refractivity contribution in [1.82, 2.24) is 4.31 Å².